The number of nitrogens with two attached hydrogens (primary N) is 1. The highest BCUT2D eigenvalue weighted by molar-refractivity contribution is 5.94. The van der Waals surface area contributed by atoms with Crippen LogP contribution < -0.4 is 26.6 Å². The van der Waals surface area contributed by atoms with Gasteiger partial charge in [0.2, 0.25) is 5.88 Å². The van der Waals surface area contributed by atoms with Gasteiger partial charge in [-0.25, -0.2) is 9.97 Å². The number of nitrogens with one attached hydrogen (secondary N) is 3. The van der Waals surface area contributed by atoms with Crippen LogP contribution >= 0.6 is 0 Å². The number of amides is 1. The maximum absolute atomic E-state index is 12.9. The Labute approximate surface area is 212 Å². The van der Waals surface area contributed by atoms with Crippen molar-refractivity contribution < 1.29 is 14.3 Å². The van der Waals surface area contributed by atoms with E-state index in [0.717, 1.165) is 5.56 Å². The zero-order valence-electron chi connectivity index (χ0n) is 20.1. The smallest absolute Gasteiger partial charge is 0.256 e. The monoisotopic (exact) mass is 500 g/mol. The number of carbonyl (C=O) groups is 1. The molecule has 0 radical (unpaired) electrons. The van der Waals surface area contributed by atoms with Gasteiger partial charge in [0, 0.05) is 25.9 Å². The fraction of sp³-hybridized carbons (Fsp3) is 0.250. The van der Waals surface area contributed by atoms with Crippen LogP contribution in [0.5, 0.6) is 11.6 Å². The van der Waals surface area contributed by atoms with Gasteiger partial charge in [-0.15, -0.1) is 0 Å². The molecule has 3 aromatic heterocycles. The normalized spacial score (nSPS) is 14.7. The number of rotatable bonds is 7. The van der Waals surface area contributed by atoms with Gasteiger partial charge in [0.05, 0.1) is 36.7 Å². The van der Waals surface area contributed by atoms with Crippen molar-refractivity contribution >= 4 is 28.9 Å². The summed E-state index contributed by atoms with van der Waals surface area (Å²) in [6, 6.07) is 9.95. The molecule has 5 N–H and O–H groups in total. The molecule has 1 aliphatic rings. The number of morpholine rings is 1. The molecule has 4 heterocycles. The van der Waals surface area contributed by atoms with Gasteiger partial charge in [0.15, 0.2) is 11.6 Å². The summed E-state index contributed by atoms with van der Waals surface area (Å²) < 4.78 is 11.2. The van der Waals surface area contributed by atoms with E-state index in [1.165, 1.54) is 17.3 Å². The van der Waals surface area contributed by atoms with Gasteiger partial charge in [-0.05, 0) is 30.7 Å². The standard InChI is InChI=1S/C24H24N10O3/c1-14-7-16(9-25)29-12-19(14)37-21-8-18(22(33-27)23(28-2)32-21)31-20-4-3-15(11-30-20)24(35)34-5-6-36-13-17(34)10-26/h3-4,7-8,11-12,17,33H,5-6,13,27H2,1-2H3,(H2,28,30,31,32). The Hall–Kier alpha value is -4.98. The largest absolute Gasteiger partial charge is 0.437 e. The number of nitriles is 2. The summed E-state index contributed by atoms with van der Waals surface area (Å²) in [5, 5.41) is 24.5. The molecule has 3 aromatic rings. The molecule has 0 spiro atoms. The van der Waals surface area contributed by atoms with E-state index >= 15 is 0 Å². The number of ether oxygens (including phenoxy) is 2. The van der Waals surface area contributed by atoms with Crippen LogP contribution in [0.1, 0.15) is 21.6 Å². The van der Waals surface area contributed by atoms with Crippen LogP contribution in [0.25, 0.3) is 0 Å². The van der Waals surface area contributed by atoms with Crippen molar-refractivity contribution in [1.82, 2.24) is 19.9 Å². The van der Waals surface area contributed by atoms with E-state index in [-0.39, 0.29) is 24.1 Å². The van der Waals surface area contributed by atoms with Gasteiger partial charge < -0.3 is 30.4 Å². The highest BCUT2D eigenvalue weighted by Crippen LogP contribution is 2.35. The maximum atomic E-state index is 12.9. The van der Waals surface area contributed by atoms with E-state index in [9.17, 15) is 10.1 Å². The lowest BCUT2D eigenvalue weighted by atomic mass is 10.2. The molecule has 0 aromatic carbocycles. The fourth-order valence-electron chi connectivity index (χ4n) is 3.68. The van der Waals surface area contributed by atoms with Crippen molar-refractivity contribution in [3.63, 3.8) is 0 Å². The average molecular weight is 501 g/mol. The van der Waals surface area contributed by atoms with Gasteiger partial charge in [-0.3, -0.25) is 10.6 Å². The third-order valence-corrected chi connectivity index (χ3v) is 5.58. The van der Waals surface area contributed by atoms with Crippen molar-refractivity contribution in [3.05, 3.63) is 53.5 Å². The number of hydrogen-bond donors (Lipinski definition) is 4. The van der Waals surface area contributed by atoms with E-state index in [2.05, 4.69) is 37.1 Å². The summed E-state index contributed by atoms with van der Waals surface area (Å²) in [5.41, 5.74) is 4.92. The van der Waals surface area contributed by atoms with Gasteiger partial charge in [0.1, 0.15) is 29.3 Å². The lowest BCUT2D eigenvalue weighted by Gasteiger charge is -2.31. The minimum Gasteiger partial charge on any atom is -0.437 e. The summed E-state index contributed by atoms with van der Waals surface area (Å²) in [7, 11) is 1.68. The summed E-state index contributed by atoms with van der Waals surface area (Å²) in [6.45, 7) is 2.70. The molecule has 1 aliphatic heterocycles. The highest BCUT2D eigenvalue weighted by Gasteiger charge is 2.28. The first-order valence-corrected chi connectivity index (χ1v) is 11.2. The third kappa shape index (κ3) is 5.48. The molecule has 0 bridgehead atoms. The molecule has 4 rings (SSSR count). The molecule has 1 amide bonds. The average Bonchev–Trinajstić information content (AvgIpc) is 2.93. The minimum atomic E-state index is -0.637. The lowest BCUT2D eigenvalue weighted by Crippen LogP contribution is -2.48. The van der Waals surface area contributed by atoms with Crippen molar-refractivity contribution in [2.45, 2.75) is 13.0 Å². The fourth-order valence-corrected chi connectivity index (χ4v) is 3.68. The van der Waals surface area contributed by atoms with Crippen LogP contribution in [0, 0.1) is 29.6 Å². The Kier molecular flexibility index (Phi) is 7.59. The van der Waals surface area contributed by atoms with E-state index in [0.29, 0.717) is 47.5 Å². The Morgan fingerprint density at radius 1 is 1.27 bits per heavy atom. The number of nitrogens with zero attached hydrogens (tertiary/aromatic N) is 6. The molecule has 1 saturated heterocycles. The lowest BCUT2D eigenvalue weighted by molar-refractivity contribution is 0.0132. The summed E-state index contributed by atoms with van der Waals surface area (Å²) in [6.07, 6.45) is 2.90. The molecule has 13 heteroatoms. The number of hydrazine groups is 1. The van der Waals surface area contributed by atoms with E-state index < -0.39 is 6.04 Å². The number of carbonyl (C=O) groups excluding carboxylic acids is 1. The Morgan fingerprint density at radius 2 is 2.11 bits per heavy atom. The predicted octanol–water partition coefficient (Wildman–Crippen LogP) is 2.28. The SMILES string of the molecule is CNc1nc(Oc2cnc(C#N)cc2C)cc(Nc2ccc(C(=O)N3CCOCC3C#N)cn2)c1NN. The van der Waals surface area contributed by atoms with Crippen LogP contribution in [0.4, 0.5) is 23.0 Å². The first kappa shape index (κ1) is 25.1. The predicted molar refractivity (Wildman–Crippen MR) is 134 cm³/mol. The molecular formula is C24H24N10O3. The van der Waals surface area contributed by atoms with Crippen LogP contribution in [0.3, 0.4) is 0 Å². The maximum Gasteiger partial charge on any atom is 0.256 e. The number of hydrogen-bond acceptors (Lipinski definition) is 12. The van der Waals surface area contributed by atoms with Crippen molar-refractivity contribution in [2.75, 3.05) is 42.9 Å². The summed E-state index contributed by atoms with van der Waals surface area (Å²) in [4.78, 5) is 27.2. The zero-order valence-corrected chi connectivity index (χ0v) is 20.1. The molecule has 1 fully saturated rings. The van der Waals surface area contributed by atoms with Crippen molar-refractivity contribution in [3.8, 4) is 23.8 Å². The zero-order chi connectivity index (χ0) is 26.4. The van der Waals surface area contributed by atoms with Crippen molar-refractivity contribution in [1.29, 1.82) is 10.5 Å². The van der Waals surface area contributed by atoms with Crippen LogP contribution in [-0.4, -0.2) is 58.6 Å². The highest BCUT2D eigenvalue weighted by atomic mass is 16.5. The number of aryl methyl sites for hydroxylation is 1. The topological polar surface area (TPSA) is 187 Å². The van der Waals surface area contributed by atoms with Crippen LogP contribution in [0.2, 0.25) is 0 Å². The Balaban J connectivity index is 1.58. The molecule has 13 nitrogen and oxygen atoms in total. The first-order valence-electron chi connectivity index (χ1n) is 11.2. The molecule has 37 heavy (non-hydrogen) atoms. The minimum absolute atomic E-state index is 0.183. The van der Waals surface area contributed by atoms with Gasteiger partial charge >= 0.3 is 0 Å². The van der Waals surface area contributed by atoms with E-state index in [4.69, 9.17) is 20.6 Å². The molecule has 0 saturated carbocycles. The number of pyridine rings is 3. The Bertz CT molecular complexity index is 1380. The molecule has 0 aliphatic carbocycles. The number of nitrogen functional groups attached to an aromatic ring is 1. The van der Waals surface area contributed by atoms with E-state index in [1.807, 2.05) is 6.07 Å². The molecule has 188 valence electrons. The molecular weight excluding hydrogens is 476 g/mol. The first-order chi connectivity index (χ1) is 18.0. The molecule has 1 unspecified atom stereocenters. The van der Waals surface area contributed by atoms with Gasteiger partial charge in [-0.2, -0.15) is 15.5 Å². The van der Waals surface area contributed by atoms with Crippen LogP contribution in [0.15, 0.2) is 36.7 Å². The van der Waals surface area contributed by atoms with Crippen LogP contribution in [-0.2, 0) is 4.74 Å². The summed E-state index contributed by atoms with van der Waals surface area (Å²) >= 11 is 0. The Morgan fingerprint density at radius 3 is 2.76 bits per heavy atom. The molecule has 1 atom stereocenters. The summed E-state index contributed by atoms with van der Waals surface area (Å²) in [5.74, 6) is 6.98. The number of anilines is 4. The van der Waals surface area contributed by atoms with E-state index in [1.54, 1.807) is 38.2 Å². The van der Waals surface area contributed by atoms with Gasteiger partial charge in [0.25, 0.3) is 5.91 Å². The quantitative estimate of drug-likeness (QED) is 0.274. The second-order valence-corrected chi connectivity index (χ2v) is 7.95. The second kappa shape index (κ2) is 11.2. The number of aromatic nitrogens is 3. The van der Waals surface area contributed by atoms with Gasteiger partial charge in [-0.1, -0.05) is 0 Å². The van der Waals surface area contributed by atoms with Crippen molar-refractivity contribution in [2.24, 2.45) is 5.84 Å². The second-order valence-electron chi connectivity index (χ2n) is 7.95. The third-order valence-electron chi connectivity index (χ3n) is 5.58.